The van der Waals surface area contributed by atoms with Crippen LogP contribution in [-0.2, 0) is 75.2 Å². The van der Waals surface area contributed by atoms with E-state index in [9.17, 15) is 0 Å². The minimum Gasteiger partial charge on any atom is -0.460 e. The van der Waals surface area contributed by atoms with Crippen molar-refractivity contribution in [2.24, 2.45) is 0 Å². The fourth-order valence-corrected chi connectivity index (χ4v) is 18.3. The van der Waals surface area contributed by atoms with Gasteiger partial charge >= 0.3 is 21.1 Å². The van der Waals surface area contributed by atoms with E-state index in [1.165, 1.54) is 89.0 Å². The molecule has 3 nitrogen and oxygen atoms in total. The second-order valence-electron chi connectivity index (χ2n) is 33.8. The Labute approximate surface area is 532 Å². The molecule has 6 aromatic carbocycles. The van der Waals surface area contributed by atoms with Gasteiger partial charge in [0.25, 0.3) is 0 Å². The van der Waals surface area contributed by atoms with E-state index in [1.807, 2.05) is 6.20 Å². The Hall–Kier alpha value is -5.89. The van der Waals surface area contributed by atoms with Gasteiger partial charge in [0, 0.05) is 18.0 Å². The maximum atomic E-state index is 7.40. The number of pyridine rings is 2. The molecule has 12 rings (SSSR count). The topological polar surface area (TPSA) is 35.0 Å². The molecule has 448 valence electrons. The summed E-state index contributed by atoms with van der Waals surface area (Å²) in [6, 6.07) is 50.4. The maximum absolute atomic E-state index is 7.40. The maximum Gasteiger partial charge on any atom is 2.00 e. The zero-order chi connectivity index (χ0) is 61.4. The minimum atomic E-state index is -0.221. The average Bonchev–Trinajstić information content (AvgIpc) is 1.51. The van der Waals surface area contributed by atoms with Gasteiger partial charge in [0.15, 0.2) is 0 Å². The molecule has 86 heavy (non-hydrogen) atoms. The van der Waals surface area contributed by atoms with Crippen molar-refractivity contribution in [2.45, 2.75) is 232 Å². The van der Waals surface area contributed by atoms with Crippen LogP contribution in [0.2, 0.25) is 0 Å². The van der Waals surface area contributed by atoms with E-state index in [-0.39, 0.29) is 75.2 Å². The van der Waals surface area contributed by atoms with E-state index < -0.39 is 0 Å². The molecule has 8 aromatic rings. The number of fused-ring (bicyclic) bond motifs is 4. The summed E-state index contributed by atoms with van der Waals surface area (Å²) < 4.78 is 7.40. The molecule has 0 unspecified atom stereocenters. The van der Waals surface area contributed by atoms with Gasteiger partial charge in [-0.05, 0) is 186 Å². The van der Waals surface area contributed by atoms with Crippen molar-refractivity contribution in [3.63, 3.8) is 0 Å². The summed E-state index contributed by atoms with van der Waals surface area (Å²) in [4.78, 5) is 10.8. The average molecular weight is 1320 g/mol. The minimum absolute atomic E-state index is 0. The van der Waals surface area contributed by atoms with Crippen LogP contribution in [0.1, 0.15) is 234 Å². The number of hydrogen-bond acceptors (Lipinski definition) is 3. The SMILES string of the molecule is CC(C)(C)c1cc(Oc2cc(-c3c4c(c(-c5ccccc5)c5c3C(C)(C)CC5(C)C)C(C)(C)CC4(C)C)cc(-c3[c-]ccc(C(C)(C)C)c3)n2)[c-]c(-c2cc(-c3c4c(c(-c5ccccc5)c5c3C(C)(C)CC5(C)C)C(C)(C)CC4(C)C)ccn2)c1.[Pt+2]. The molecular weight excluding hydrogens is 1220 g/mol. The van der Waals surface area contributed by atoms with Crippen LogP contribution in [-0.4, -0.2) is 9.97 Å². The van der Waals surface area contributed by atoms with Gasteiger partial charge in [-0.2, -0.15) is 0 Å². The Morgan fingerprint density at radius 3 is 1.16 bits per heavy atom. The van der Waals surface area contributed by atoms with E-state index in [0.29, 0.717) is 11.6 Å². The molecule has 0 amide bonds. The Morgan fingerprint density at radius 2 is 0.756 bits per heavy atom. The molecule has 0 atom stereocenters. The van der Waals surface area contributed by atoms with E-state index in [4.69, 9.17) is 14.7 Å². The number of aromatic nitrogens is 2. The molecule has 4 aliphatic carbocycles. The number of rotatable bonds is 8. The van der Waals surface area contributed by atoms with E-state index in [2.05, 4.69) is 280 Å². The third-order valence-corrected chi connectivity index (χ3v) is 20.4. The molecule has 0 saturated heterocycles. The molecule has 0 N–H and O–H groups in total. The first-order valence-electron chi connectivity index (χ1n) is 31.7. The summed E-state index contributed by atoms with van der Waals surface area (Å²) in [5.41, 5.74) is 27.5. The van der Waals surface area contributed by atoms with Crippen molar-refractivity contribution in [3.8, 4) is 78.7 Å². The Kier molecular flexibility index (Phi) is 14.4. The van der Waals surface area contributed by atoms with Gasteiger partial charge in [-0.3, -0.25) is 4.98 Å². The van der Waals surface area contributed by atoms with E-state index in [0.717, 1.165) is 59.3 Å². The molecule has 0 spiro atoms. The molecule has 4 heteroatoms. The fraction of sp³-hybridized carbons (Fsp3) is 0.439. The summed E-state index contributed by atoms with van der Waals surface area (Å²) in [6.45, 7) is 53.5. The smallest absolute Gasteiger partial charge is 0.460 e. The monoisotopic (exact) mass is 1320 g/mol. The number of ether oxygens (including phenoxy) is 1. The second kappa shape index (κ2) is 20.1. The third kappa shape index (κ3) is 10.1. The van der Waals surface area contributed by atoms with Crippen LogP contribution >= 0.6 is 0 Å². The van der Waals surface area contributed by atoms with Gasteiger partial charge in [0.05, 0.1) is 0 Å². The summed E-state index contributed by atoms with van der Waals surface area (Å²) in [7, 11) is 0. The summed E-state index contributed by atoms with van der Waals surface area (Å²) in [6.07, 6.45) is 6.25. The van der Waals surface area contributed by atoms with Gasteiger partial charge in [-0.25, -0.2) is 0 Å². The van der Waals surface area contributed by atoms with Crippen LogP contribution in [0.5, 0.6) is 11.6 Å². The second-order valence-corrected chi connectivity index (χ2v) is 33.8. The predicted octanol–water partition coefficient (Wildman–Crippen LogP) is 22.3. The third-order valence-electron chi connectivity index (χ3n) is 20.4. The van der Waals surface area contributed by atoms with Gasteiger partial charge in [-0.1, -0.05) is 237 Å². The zero-order valence-electron chi connectivity index (χ0n) is 56.0. The van der Waals surface area contributed by atoms with Crippen molar-refractivity contribution in [2.75, 3.05) is 0 Å². The molecule has 2 heterocycles. The molecule has 0 aliphatic heterocycles. The normalized spacial score (nSPS) is 19.3. The van der Waals surface area contributed by atoms with Crippen LogP contribution in [0.25, 0.3) is 67.0 Å². The fourth-order valence-electron chi connectivity index (χ4n) is 18.3. The van der Waals surface area contributed by atoms with E-state index >= 15 is 0 Å². The molecule has 0 radical (unpaired) electrons. The van der Waals surface area contributed by atoms with Crippen molar-refractivity contribution in [1.29, 1.82) is 0 Å². The first-order valence-corrected chi connectivity index (χ1v) is 31.7. The molecule has 2 aromatic heterocycles. The Balaban J connectivity index is 0.00000768. The number of benzene rings is 6. The Morgan fingerprint density at radius 1 is 0.384 bits per heavy atom. The van der Waals surface area contributed by atoms with Crippen molar-refractivity contribution >= 4 is 0 Å². The van der Waals surface area contributed by atoms with Crippen LogP contribution in [0, 0.1) is 12.1 Å². The number of nitrogens with zero attached hydrogens (tertiary/aromatic N) is 2. The Bertz CT molecular complexity index is 3920. The first-order chi connectivity index (χ1) is 39.3. The summed E-state index contributed by atoms with van der Waals surface area (Å²) in [5.74, 6) is 1.16. The summed E-state index contributed by atoms with van der Waals surface area (Å²) in [5, 5.41) is 0. The molecule has 0 fully saturated rings. The van der Waals surface area contributed by atoms with Gasteiger partial charge in [0.2, 0.25) is 5.88 Å². The summed E-state index contributed by atoms with van der Waals surface area (Å²) >= 11 is 0. The van der Waals surface area contributed by atoms with Crippen LogP contribution < -0.4 is 4.74 Å². The molecular formula is C82H94N2OPt. The largest absolute Gasteiger partial charge is 2.00 e. The molecule has 4 aliphatic rings. The van der Waals surface area contributed by atoms with Crippen molar-refractivity contribution < 1.29 is 25.8 Å². The van der Waals surface area contributed by atoms with E-state index in [1.54, 1.807) is 0 Å². The molecule has 0 bridgehead atoms. The number of hydrogen-bond donors (Lipinski definition) is 0. The van der Waals surface area contributed by atoms with Crippen LogP contribution in [0.4, 0.5) is 0 Å². The van der Waals surface area contributed by atoms with Crippen molar-refractivity contribution in [3.05, 3.63) is 189 Å². The predicted molar refractivity (Wildman–Crippen MR) is 359 cm³/mol. The first kappa shape index (κ1) is 61.7. The van der Waals surface area contributed by atoms with Gasteiger partial charge in [-0.15, -0.1) is 52.6 Å². The molecule has 0 saturated carbocycles. The van der Waals surface area contributed by atoms with Crippen LogP contribution in [0.3, 0.4) is 0 Å². The van der Waals surface area contributed by atoms with Crippen molar-refractivity contribution in [1.82, 2.24) is 9.97 Å². The van der Waals surface area contributed by atoms with Crippen LogP contribution in [0.15, 0.2) is 121 Å². The quantitative estimate of drug-likeness (QED) is 0.142. The van der Waals surface area contributed by atoms with Gasteiger partial charge in [0.1, 0.15) is 0 Å². The van der Waals surface area contributed by atoms with Gasteiger partial charge < -0.3 is 9.72 Å². The standard InChI is InChI=1S/C82H94N2O.Pt/c1-73(2,3)55-35-29-34-51(38-55)59-42-54(64-71-67(77(11,12)47-81(71,19)20)62(50-32-27-24-28-33-50)68-72(64)82(21,22)48-78(68,13)14)43-60(84-59)85-57-40-53(39-56(44-57)74(4,5)6)58-41-52(36-37-83-58)63-69-65(75(7,8)45-79(69,15)16)61(49-30-25-23-26-31-49)66-70(63)80(17,18)46-76(66,9)10;/h23-33,35-39,41-44H,45-48H2,1-22H3;/q-2;+2. The zero-order valence-corrected chi connectivity index (χ0v) is 58.3.